The predicted octanol–water partition coefficient (Wildman–Crippen LogP) is 6.97. The Kier molecular flexibility index (Phi) is 16.8. The van der Waals surface area contributed by atoms with Gasteiger partial charge in [-0.3, -0.25) is 19.3 Å². The van der Waals surface area contributed by atoms with Crippen LogP contribution in [0.3, 0.4) is 0 Å². The fraction of sp³-hybridized carbons (Fsp3) is 0.512. The molecule has 14 nitrogen and oxygen atoms in total. The molecule has 1 aliphatic heterocycles. The summed E-state index contributed by atoms with van der Waals surface area (Å²) in [5.74, 6) is -2.82. The van der Waals surface area contributed by atoms with Crippen LogP contribution < -0.4 is 15.5 Å². The van der Waals surface area contributed by atoms with E-state index in [0.29, 0.717) is 57.5 Å². The zero-order valence-corrected chi connectivity index (χ0v) is 34.8. The number of nitrogens with zero attached hydrogens (tertiary/aromatic N) is 5. The molecule has 1 saturated heterocycles. The fourth-order valence-corrected chi connectivity index (χ4v) is 6.52. The van der Waals surface area contributed by atoms with Gasteiger partial charge in [-0.25, -0.2) is 9.67 Å². The maximum absolute atomic E-state index is 13.8. The molecule has 2 N–H and O–H groups in total. The average Bonchev–Trinajstić information content (AvgIpc) is 3.68. The summed E-state index contributed by atoms with van der Waals surface area (Å²) in [5.41, 5.74) is 1.95. The average molecular weight is 840 g/mol. The molecule has 2 aromatic heterocycles. The van der Waals surface area contributed by atoms with E-state index in [0.717, 1.165) is 44.1 Å². The lowest BCUT2D eigenvalue weighted by Gasteiger charge is -2.29. The fourth-order valence-electron chi connectivity index (χ4n) is 6.52. The number of rotatable bonds is 20. The number of benzene rings is 1. The summed E-state index contributed by atoms with van der Waals surface area (Å²) < 4.78 is 63.4. The molecule has 2 aliphatic rings. The number of pyridine rings is 1. The first-order valence-corrected chi connectivity index (χ1v) is 20.3. The van der Waals surface area contributed by atoms with Crippen LogP contribution in [0.4, 0.5) is 30.4 Å². The molecule has 1 aliphatic carbocycles. The minimum Gasteiger partial charge on any atom is -0.460 e. The Balaban J connectivity index is 1.11. The van der Waals surface area contributed by atoms with E-state index in [4.69, 9.17) is 18.9 Å². The van der Waals surface area contributed by atoms with Crippen LogP contribution in [0.1, 0.15) is 79.4 Å². The van der Waals surface area contributed by atoms with E-state index in [1.54, 1.807) is 30.3 Å². The van der Waals surface area contributed by atoms with Gasteiger partial charge in [0.15, 0.2) is 5.82 Å². The summed E-state index contributed by atoms with van der Waals surface area (Å²) in [6.07, 6.45) is 4.23. The highest BCUT2D eigenvalue weighted by molar-refractivity contribution is 6.12. The third-order valence-corrected chi connectivity index (χ3v) is 9.53. The zero-order valence-electron chi connectivity index (χ0n) is 34.8. The lowest BCUT2D eigenvalue weighted by molar-refractivity contribution is -0.160. The quantitative estimate of drug-likeness (QED) is 0.0898. The maximum Gasteiger partial charge on any atom is 0.395 e. The SMILES string of the molecule is CN(CCOCCOCCOCCC(=O)OC(C)(C)C)Cc1cccc(C(=O)Nc2ccc(N3CCCCC3)cc2C(=O)Nc2ccn(C3=CC=CC(C(F)(F)F)C3)n2)n1. The van der Waals surface area contributed by atoms with Crippen molar-refractivity contribution in [2.75, 3.05) is 81.9 Å². The number of carbonyl (C=O) groups is 3. The Morgan fingerprint density at radius 3 is 2.32 bits per heavy atom. The highest BCUT2D eigenvalue weighted by Crippen LogP contribution is 2.36. The van der Waals surface area contributed by atoms with Crippen molar-refractivity contribution in [3.8, 4) is 0 Å². The molecule has 60 heavy (non-hydrogen) atoms. The summed E-state index contributed by atoms with van der Waals surface area (Å²) in [5, 5.41) is 9.95. The number of allylic oxidation sites excluding steroid dienone is 4. The number of anilines is 3. The first-order valence-electron chi connectivity index (χ1n) is 20.3. The van der Waals surface area contributed by atoms with Crippen LogP contribution in [0.2, 0.25) is 0 Å². The van der Waals surface area contributed by atoms with Gasteiger partial charge in [-0.2, -0.15) is 18.3 Å². The highest BCUT2D eigenvalue weighted by atomic mass is 19.4. The highest BCUT2D eigenvalue weighted by Gasteiger charge is 2.39. The molecule has 0 spiro atoms. The van der Waals surface area contributed by atoms with Gasteiger partial charge in [0.1, 0.15) is 11.3 Å². The van der Waals surface area contributed by atoms with Crippen molar-refractivity contribution in [2.45, 2.75) is 71.2 Å². The predicted molar refractivity (Wildman–Crippen MR) is 222 cm³/mol. The number of esters is 1. The lowest BCUT2D eigenvalue weighted by Crippen LogP contribution is -2.30. The van der Waals surface area contributed by atoms with E-state index in [2.05, 4.69) is 25.6 Å². The Morgan fingerprint density at radius 1 is 0.883 bits per heavy atom. The maximum atomic E-state index is 13.8. The van der Waals surface area contributed by atoms with E-state index >= 15 is 0 Å². The molecule has 0 saturated carbocycles. The Hall–Kier alpha value is -5.10. The number of alkyl halides is 3. The van der Waals surface area contributed by atoms with Crippen LogP contribution in [-0.4, -0.2) is 116 Å². The first-order chi connectivity index (χ1) is 28.6. The number of halogens is 3. The van der Waals surface area contributed by atoms with E-state index in [-0.39, 0.29) is 48.2 Å². The number of nitrogens with one attached hydrogen (secondary N) is 2. The molecule has 3 heterocycles. The van der Waals surface area contributed by atoms with Crippen LogP contribution in [-0.2, 0) is 30.3 Å². The van der Waals surface area contributed by atoms with Crippen molar-refractivity contribution < 1.29 is 46.5 Å². The molecule has 1 unspecified atom stereocenters. The molecule has 0 radical (unpaired) electrons. The Bertz CT molecular complexity index is 1950. The lowest BCUT2D eigenvalue weighted by atomic mass is 9.98. The van der Waals surface area contributed by atoms with Crippen molar-refractivity contribution in [3.05, 3.63) is 83.8 Å². The van der Waals surface area contributed by atoms with Crippen LogP contribution >= 0.6 is 0 Å². The molecule has 17 heteroatoms. The summed E-state index contributed by atoms with van der Waals surface area (Å²) in [6, 6.07) is 12.0. The van der Waals surface area contributed by atoms with Crippen molar-refractivity contribution >= 4 is 40.7 Å². The van der Waals surface area contributed by atoms with Crippen LogP contribution in [0.25, 0.3) is 5.70 Å². The third-order valence-electron chi connectivity index (χ3n) is 9.53. The monoisotopic (exact) mass is 839 g/mol. The molecule has 0 bridgehead atoms. The summed E-state index contributed by atoms with van der Waals surface area (Å²) in [6.45, 7) is 10.5. The minimum atomic E-state index is -4.38. The first kappa shape index (κ1) is 46.0. The Labute approximate surface area is 349 Å². The smallest absolute Gasteiger partial charge is 0.395 e. The second-order valence-corrected chi connectivity index (χ2v) is 15.7. The minimum absolute atomic E-state index is 0.146. The van der Waals surface area contributed by atoms with Crippen LogP contribution in [0.5, 0.6) is 0 Å². The zero-order chi connectivity index (χ0) is 43.1. The van der Waals surface area contributed by atoms with Gasteiger partial charge in [-0.1, -0.05) is 18.2 Å². The van der Waals surface area contributed by atoms with Crippen molar-refractivity contribution in [1.82, 2.24) is 19.7 Å². The number of likely N-dealkylation sites (N-methyl/N-ethyl adjacent to an activating group) is 1. The van der Waals surface area contributed by atoms with Gasteiger partial charge in [-0.05, 0) is 83.5 Å². The molecule has 3 aromatic rings. The van der Waals surface area contributed by atoms with Gasteiger partial charge >= 0.3 is 12.1 Å². The van der Waals surface area contributed by atoms with Gasteiger partial charge in [0.05, 0.1) is 68.9 Å². The molecule has 1 aromatic carbocycles. The van der Waals surface area contributed by atoms with Gasteiger partial charge in [-0.15, -0.1) is 0 Å². The van der Waals surface area contributed by atoms with E-state index in [1.165, 1.54) is 23.0 Å². The van der Waals surface area contributed by atoms with Crippen LogP contribution in [0.15, 0.2) is 66.9 Å². The van der Waals surface area contributed by atoms with Gasteiger partial charge in [0.2, 0.25) is 0 Å². The number of hydrogen-bond donors (Lipinski definition) is 2. The normalized spacial score (nSPS) is 15.8. The van der Waals surface area contributed by atoms with Crippen molar-refractivity contribution in [3.63, 3.8) is 0 Å². The van der Waals surface area contributed by atoms with E-state index < -0.39 is 29.5 Å². The number of ether oxygens (including phenoxy) is 4. The van der Waals surface area contributed by atoms with Crippen LogP contribution in [0, 0.1) is 5.92 Å². The van der Waals surface area contributed by atoms with Gasteiger partial charge in [0.25, 0.3) is 11.8 Å². The summed E-state index contributed by atoms with van der Waals surface area (Å²) >= 11 is 0. The number of amides is 2. The number of carbonyl (C=O) groups excluding carboxylic acids is 3. The topological polar surface area (TPSA) is 149 Å². The third kappa shape index (κ3) is 14.9. The number of aromatic nitrogens is 3. The van der Waals surface area contributed by atoms with E-state index in [1.807, 2.05) is 44.9 Å². The summed E-state index contributed by atoms with van der Waals surface area (Å²) in [7, 11) is 1.92. The molecule has 326 valence electrons. The second-order valence-electron chi connectivity index (χ2n) is 15.7. The van der Waals surface area contributed by atoms with Gasteiger partial charge < -0.3 is 34.5 Å². The number of hydrogen-bond acceptors (Lipinski definition) is 11. The number of piperidine rings is 1. The van der Waals surface area contributed by atoms with Gasteiger partial charge in [0, 0.05) is 56.2 Å². The standard InChI is InChI=1S/C43H56F3N7O7/c1-42(2,3)60-39(54)17-22-57-24-26-59-27-25-58-23-21-51(4)30-32-11-9-13-37(47-32)41(56)48-36-15-14-33(52-18-6-5-7-19-52)29-35(36)40(55)49-38-16-20-53(50-38)34-12-8-10-31(28-34)43(44,45)46/h8-16,20,29,31H,5-7,17-19,21-28,30H2,1-4H3,(H,48,56)(H,49,50,55). The molecular weight excluding hydrogens is 784 g/mol. The van der Waals surface area contributed by atoms with Crippen molar-refractivity contribution in [1.29, 1.82) is 0 Å². The molecular formula is C43H56F3N7O7. The molecule has 5 rings (SSSR count). The Morgan fingerprint density at radius 2 is 1.60 bits per heavy atom. The van der Waals surface area contributed by atoms with E-state index in [9.17, 15) is 27.6 Å². The molecule has 2 amide bonds. The largest absolute Gasteiger partial charge is 0.460 e. The molecule has 1 atom stereocenters. The summed E-state index contributed by atoms with van der Waals surface area (Å²) in [4.78, 5) is 47.9. The molecule has 1 fully saturated rings. The van der Waals surface area contributed by atoms with Crippen molar-refractivity contribution in [2.24, 2.45) is 5.92 Å². The second kappa shape index (κ2) is 21.9.